The fourth-order valence-corrected chi connectivity index (χ4v) is 9.95. The second-order valence-electron chi connectivity index (χ2n) is 21.4. The SMILES string of the molecule is COC(=O)N[C@H](C(=O)N[C@@H](Cc1ccc(C#Cc2cnc(N3CC4CCC(C3)N4C3COC3)nc2)cc1)[C@H](CN(Cc1c(F)cc(-c2ccn(C(F)F)n2)cc1F)NC(=O)[C@@H](NC(=O)OC)C(C)(C)C(F)(F)F)OC(=O)OCCl)C(C)(C)C(F)(F)F. The number of ether oxygens (including phenoxy) is 5. The zero-order valence-electron chi connectivity index (χ0n) is 46.8. The number of amides is 4. The van der Waals surface area contributed by atoms with Crippen molar-refractivity contribution < 1.29 is 91.6 Å². The minimum Gasteiger partial charge on any atom is -0.453 e. The van der Waals surface area contributed by atoms with Crippen LogP contribution in [0.4, 0.5) is 64.2 Å². The van der Waals surface area contributed by atoms with E-state index in [0.29, 0.717) is 80.0 Å². The van der Waals surface area contributed by atoms with Gasteiger partial charge in [0.1, 0.15) is 29.8 Å². The maximum atomic E-state index is 16.3. The lowest BCUT2D eigenvalue weighted by molar-refractivity contribution is -0.221. The Morgan fingerprint density at radius 3 is 1.81 bits per heavy atom. The molecule has 4 N–H and O–H groups in total. The van der Waals surface area contributed by atoms with E-state index in [0.717, 1.165) is 65.6 Å². The molecule has 4 amide bonds. The van der Waals surface area contributed by atoms with Gasteiger partial charge in [0.15, 0.2) is 6.07 Å². The molecule has 2 aromatic carbocycles. The van der Waals surface area contributed by atoms with E-state index in [-0.39, 0.29) is 15.9 Å². The average molecular weight is 1250 g/mol. The number of nitrogens with one attached hydrogen (secondary N) is 4. The van der Waals surface area contributed by atoms with Crippen molar-refractivity contribution >= 4 is 47.7 Å². The summed E-state index contributed by atoms with van der Waals surface area (Å²) in [5, 5.41) is 9.97. The topological polar surface area (TPSA) is 233 Å². The van der Waals surface area contributed by atoms with Gasteiger partial charge in [-0.25, -0.2) is 42.8 Å². The summed E-state index contributed by atoms with van der Waals surface area (Å²) in [5.41, 5.74) is -5.03. The Hall–Kier alpha value is -7.69. The van der Waals surface area contributed by atoms with Crippen LogP contribution in [0.25, 0.3) is 11.3 Å². The van der Waals surface area contributed by atoms with Crippen LogP contribution in [0, 0.1) is 34.3 Å². The number of methoxy groups -OCH3 is 2. The van der Waals surface area contributed by atoms with Gasteiger partial charge in [-0.2, -0.15) is 40.2 Å². The van der Waals surface area contributed by atoms with Crippen molar-refractivity contribution in [3.63, 3.8) is 0 Å². The molecular formula is C54H60ClF10N11O10. The van der Waals surface area contributed by atoms with Crippen molar-refractivity contribution in [2.45, 2.75) is 115 Å². The third kappa shape index (κ3) is 15.6. The third-order valence-corrected chi connectivity index (χ3v) is 15.2. The molecule has 86 heavy (non-hydrogen) atoms. The number of aromatic nitrogens is 4. The molecule has 2 aromatic heterocycles. The molecule has 0 aliphatic carbocycles. The number of piperazine rings is 1. The number of hydrogen-bond donors (Lipinski definition) is 4. The second kappa shape index (κ2) is 27.3. The second-order valence-corrected chi connectivity index (χ2v) is 21.7. The van der Waals surface area contributed by atoms with Gasteiger partial charge in [-0.3, -0.25) is 19.9 Å². The van der Waals surface area contributed by atoms with Crippen molar-refractivity contribution in [3.05, 3.63) is 94.9 Å². The summed E-state index contributed by atoms with van der Waals surface area (Å²) in [7, 11) is 1.55. The molecule has 3 aliphatic heterocycles. The fraction of sp³-hybridized carbons (Fsp3) is 0.519. The summed E-state index contributed by atoms with van der Waals surface area (Å²) < 4.78 is 173. The quantitative estimate of drug-likeness (QED) is 0.0159. The smallest absolute Gasteiger partial charge is 0.453 e. The van der Waals surface area contributed by atoms with Gasteiger partial charge in [-0.05, 0) is 82.9 Å². The molecule has 2 bridgehead atoms. The molecule has 7 rings (SSSR count). The molecule has 21 nitrogen and oxygen atoms in total. The van der Waals surface area contributed by atoms with Crippen molar-refractivity contribution in [1.82, 2.24) is 51.0 Å². The van der Waals surface area contributed by atoms with Crippen LogP contribution in [0.2, 0.25) is 0 Å². The van der Waals surface area contributed by atoms with E-state index in [2.05, 4.69) is 51.5 Å². The highest BCUT2D eigenvalue weighted by Gasteiger charge is 2.57. The van der Waals surface area contributed by atoms with E-state index in [1.165, 1.54) is 24.3 Å². The highest BCUT2D eigenvalue weighted by Crippen LogP contribution is 2.42. The predicted molar refractivity (Wildman–Crippen MR) is 283 cm³/mol. The molecule has 468 valence electrons. The highest BCUT2D eigenvalue weighted by atomic mass is 35.5. The van der Waals surface area contributed by atoms with Gasteiger partial charge >= 0.3 is 37.2 Å². The largest absolute Gasteiger partial charge is 0.509 e. The van der Waals surface area contributed by atoms with Gasteiger partial charge in [0, 0.05) is 67.0 Å². The standard InChI is InChI=1S/C54H60ClF10N11O10/c1-51(2,53(60,61)62)42(69-48(79)82-5)44(77)68-40(17-30-10-7-29(8-11-30)9-12-31-20-66-47(67-21-31)73-22-33-13-14-34(23-73)76(33)35-26-84-27-35)41(86-50(81)85-28-55)25-74(72-45(78)43(70-49(80)83-6)52(3,4)54(63,64)65)24-36-37(56)18-32(19-38(36)57)39-15-16-75(71-39)46(58)59/h7-8,10-11,15-16,18-21,33-35,40-43,46H,13-14,17,22-28H2,1-6H3,(H,68,77)(H,69,79)(H,70,80)(H,72,78)/t33?,34?,40-,41-,42+,43+/m0/s1. The average Bonchev–Trinajstić information content (AvgIpc) is 1.48. The van der Waals surface area contributed by atoms with Gasteiger partial charge in [-0.1, -0.05) is 35.6 Å². The first-order chi connectivity index (χ1) is 40.4. The van der Waals surface area contributed by atoms with E-state index in [1.54, 1.807) is 17.7 Å². The van der Waals surface area contributed by atoms with Crippen LogP contribution in [0.5, 0.6) is 0 Å². The van der Waals surface area contributed by atoms with Crippen LogP contribution >= 0.6 is 11.6 Å². The molecule has 6 atom stereocenters. The summed E-state index contributed by atoms with van der Waals surface area (Å²) in [6.45, 7) is -0.540. The van der Waals surface area contributed by atoms with Crippen molar-refractivity contribution in [1.29, 1.82) is 0 Å². The van der Waals surface area contributed by atoms with Gasteiger partial charge in [0.2, 0.25) is 11.9 Å². The first kappa shape index (κ1) is 65.8. The number of benzene rings is 2. The Balaban J connectivity index is 1.26. The Bertz CT molecular complexity index is 3090. The summed E-state index contributed by atoms with van der Waals surface area (Å²) in [4.78, 5) is 80.9. The van der Waals surface area contributed by atoms with Crippen LogP contribution in [-0.2, 0) is 46.2 Å². The molecular weight excluding hydrogens is 1190 g/mol. The normalized spacial score (nSPS) is 18.0. The number of alkyl carbamates (subject to hydrolysis) is 2. The lowest BCUT2D eigenvalue weighted by Crippen LogP contribution is -2.64. The zero-order chi connectivity index (χ0) is 63.1. The molecule has 4 aromatic rings. The first-order valence-corrected chi connectivity index (χ1v) is 26.9. The number of anilines is 1. The van der Waals surface area contributed by atoms with Gasteiger partial charge in [0.05, 0.1) is 68.1 Å². The monoisotopic (exact) mass is 1250 g/mol. The van der Waals surface area contributed by atoms with E-state index in [4.69, 9.17) is 25.8 Å². The number of nitrogens with zero attached hydrogens (tertiary/aromatic N) is 7. The number of carbonyl (C=O) groups is 5. The third-order valence-electron chi connectivity index (χ3n) is 15.0. The molecule has 32 heteroatoms. The van der Waals surface area contributed by atoms with Crippen molar-refractivity contribution in [2.24, 2.45) is 10.8 Å². The van der Waals surface area contributed by atoms with E-state index in [9.17, 15) is 59.1 Å². The van der Waals surface area contributed by atoms with Gasteiger partial charge in [0.25, 0.3) is 5.91 Å². The van der Waals surface area contributed by atoms with Crippen molar-refractivity contribution in [3.8, 4) is 23.1 Å². The number of hydrogen-bond acceptors (Lipinski definition) is 16. The lowest BCUT2D eigenvalue weighted by Gasteiger charge is -2.47. The Kier molecular flexibility index (Phi) is 20.9. The molecule has 3 saturated heterocycles. The minimum atomic E-state index is -5.29. The number of fused-ring (bicyclic) bond motifs is 2. The van der Waals surface area contributed by atoms with Crippen LogP contribution < -0.4 is 26.3 Å². The molecule has 3 fully saturated rings. The molecule has 0 radical (unpaired) electrons. The fourth-order valence-electron chi connectivity index (χ4n) is 9.86. The maximum Gasteiger partial charge on any atom is 0.509 e. The van der Waals surface area contributed by atoms with Crippen molar-refractivity contribution in [2.75, 3.05) is 58.0 Å². The first-order valence-electron chi connectivity index (χ1n) is 26.4. The van der Waals surface area contributed by atoms with E-state index < -0.39 is 132 Å². The molecule has 3 aliphatic rings. The maximum absolute atomic E-state index is 16.3. The molecule has 0 saturated carbocycles. The minimum absolute atomic E-state index is 0.177. The summed E-state index contributed by atoms with van der Waals surface area (Å²) in [5.74, 6) is 0.126. The van der Waals surface area contributed by atoms with Crippen LogP contribution in [0.1, 0.15) is 69.3 Å². The summed E-state index contributed by atoms with van der Waals surface area (Å²) >= 11 is 5.67. The highest BCUT2D eigenvalue weighted by molar-refractivity contribution is 6.17. The van der Waals surface area contributed by atoms with Crippen LogP contribution in [0.15, 0.2) is 61.1 Å². The lowest BCUT2D eigenvalue weighted by atomic mass is 9.82. The number of carbonyl (C=O) groups excluding carboxylic acids is 5. The Morgan fingerprint density at radius 1 is 0.779 bits per heavy atom. The van der Waals surface area contributed by atoms with Crippen LogP contribution in [0.3, 0.4) is 0 Å². The summed E-state index contributed by atoms with van der Waals surface area (Å²) in [6, 6.07) is 1.19. The molecule has 2 unspecified atom stereocenters. The number of hydrazine groups is 1. The number of alkyl halides is 9. The van der Waals surface area contributed by atoms with E-state index in [1.807, 2.05) is 10.7 Å². The number of halogens is 11. The van der Waals surface area contributed by atoms with Crippen LogP contribution in [-0.4, -0.2) is 168 Å². The van der Waals surface area contributed by atoms with E-state index >= 15 is 8.78 Å². The number of rotatable bonds is 21. The molecule has 0 spiro atoms. The van der Waals surface area contributed by atoms with Gasteiger partial charge < -0.3 is 44.5 Å². The van der Waals surface area contributed by atoms with Gasteiger partial charge in [-0.15, -0.1) is 0 Å². The predicted octanol–water partition coefficient (Wildman–Crippen LogP) is 7.37. The zero-order valence-corrected chi connectivity index (χ0v) is 47.6. The summed E-state index contributed by atoms with van der Waals surface area (Å²) in [6.07, 6.45) is -12.0. The Morgan fingerprint density at radius 2 is 1.33 bits per heavy atom. The Labute approximate surface area is 490 Å². The molecule has 5 heterocycles.